The number of nitrogens with zero attached hydrogens (tertiary/aromatic N) is 4. The molecule has 0 saturated heterocycles. The average Bonchev–Trinajstić information content (AvgIpc) is 2.68. The van der Waals surface area contributed by atoms with Crippen LogP contribution in [0.5, 0.6) is 0 Å². The molecule has 0 aliphatic heterocycles. The van der Waals surface area contributed by atoms with Gasteiger partial charge in [-0.2, -0.15) is 5.26 Å². The fourth-order valence-corrected chi connectivity index (χ4v) is 3.01. The van der Waals surface area contributed by atoms with Crippen LogP contribution in [0.15, 0.2) is 53.3 Å². The summed E-state index contributed by atoms with van der Waals surface area (Å²) in [5.41, 5.74) is 1.06. The number of rotatable bonds is 6. The molecule has 0 aliphatic carbocycles. The second-order valence-electron chi connectivity index (χ2n) is 6.52. The summed E-state index contributed by atoms with van der Waals surface area (Å²) in [5, 5.41) is 24.5. The lowest BCUT2D eigenvalue weighted by Crippen LogP contribution is -2.26. The fourth-order valence-electron chi connectivity index (χ4n) is 3.01. The van der Waals surface area contributed by atoms with E-state index in [2.05, 4.69) is 5.32 Å². The van der Waals surface area contributed by atoms with Crippen molar-refractivity contribution in [3.63, 3.8) is 0 Å². The molecule has 0 radical (unpaired) electrons. The van der Waals surface area contributed by atoms with Crippen LogP contribution in [0.1, 0.15) is 5.56 Å². The van der Waals surface area contributed by atoms with E-state index in [1.54, 1.807) is 12.1 Å². The molecule has 142 valence electrons. The van der Waals surface area contributed by atoms with Gasteiger partial charge in [0.1, 0.15) is 11.6 Å². The number of nitro groups is 1. The first-order chi connectivity index (χ1) is 13.4. The van der Waals surface area contributed by atoms with Crippen LogP contribution < -0.4 is 10.9 Å². The van der Waals surface area contributed by atoms with Crippen LogP contribution in [0.4, 0.5) is 11.4 Å². The second kappa shape index (κ2) is 7.90. The summed E-state index contributed by atoms with van der Waals surface area (Å²) < 4.78 is 1.41. The van der Waals surface area contributed by atoms with Gasteiger partial charge in [0.05, 0.1) is 16.1 Å². The van der Waals surface area contributed by atoms with Gasteiger partial charge in [0.15, 0.2) is 0 Å². The minimum Gasteiger partial charge on any atom is -0.382 e. The summed E-state index contributed by atoms with van der Waals surface area (Å²) in [5.74, 6) is 0. The van der Waals surface area contributed by atoms with Gasteiger partial charge in [-0.05, 0) is 32.3 Å². The molecular weight excluding hydrogens is 358 g/mol. The smallest absolute Gasteiger partial charge is 0.275 e. The van der Waals surface area contributed by atoms with Crippen LogP contribution in [0.25, 0.3) is 16.6 Å². The largest absolute Gasteiger partial charge is 0.382 e. The molecule has 0 fully saturated rings. The maximum atomic E-state index is 13.1. The topological polar surface area (TPSA) is 104 Å². The van der Waals surface area contributed by atoms with Crippen LogP contribution in [-0.4, -0.2) is 41.6 Å². The molecule has 3 rings (SSSR count). The number of hydrogen-bond donors (Lipinski definition) is 1. The molecule has 1 N–H and O–H groups in total. The van der Waals surface area contributed by atoms with Gasteiger partial charge in [-0.25, -0.2) is 0 Å². The van der Waals surface area contributed by atoms with Gasteiger partial charge in [0.25, 0.3) is 11.2 Å². The summed E-state index contributed by atoms with van der Waals surface area (Å²) in [6.45, 7) is 1.32. The van der Waals surface area contributed by atoms with Crippen molar-refractivity contribution in [1.82, 2.24) is 9.47 Å². The highest BCUT2D eigenvalue weighted by Crippen LogP contribution is 2.27. The van der Waals surface area contributed by atoms with Gasteiger partial charge in [-0.1, -0.05) is 18.2 Å². The molecule has 1 heterocycles. The molecule has 0 unspecified atom stereocenters. The zero-order chi connectivity index (χ0) is 20.3. The minimum absolute atomic E-state index is 0.0100. The van der Waals surface area contributed by atoms with E-state index in [-0.39, 0.29) is 11.3 Å². The van der Waals surface area contributed by atoms with E-state index in [4.69, 9.17) is 0 Å². The molecule has 3 aromatic rings. The Morgan fingerprint density at radius 3 is 2.46 bits per heavy atom. The number of nitrogens with one attached hydrogen (secondary N) is 1. The van der Waals surface area contributed by atoms with Crippen LogP contribution in [-0.2, 0) is 0 Å². The number of anilines is 1. The summed E-state index contributed by atoms with van der Waals surface area (Å²) in [6, 6.07) is 15.0. The molecule has 0 aliphatic rings. The summed E-state index contributed by atoms with van der Waals surface area (Å²) >= 11 is 0. The number of non-ortho nitro benzene ring substituents is 1. The molecule has 0 amide bonds. The highest BCUT2D eigenvalue weighted by molar-refractivity contribution is 5.95. The fraction of sp³-hybridized carbons (Fsp3) is 0.200. The number of benzene rings is 2. The number of aromatic nitrogens is 1. The lowest BCUT2D eigenvalue weighted by molar-refractivity contribution is -0.384. The first kappa shape index (κ1) is 19.1. The number of fused-ring (bicyclic) bond motifs is 1. The van der Waals surface area contributed by atoms with Crippen LogP contribution in [0.2, 0.25) is 0 Å². The Morgan fingerprint density at radius 1 is 1.18 bits per heavy atom. The van der Waals surface area contributed by atoms with Crippen molar-refractivity contribution in [2.24, 2.45) is 0 Å². The number of pyridine rings is 1. The van der Waals surface area contributed by atoms with E-state index in [0.717, 1.165) is 11.9 Å². The maximum Gasteiger partial charge on any atom is 0.275 e. The van der Waals surface area contributed by atoms with Crippen molar-refractivity contribution in [3.8, 4) is 11.8 Å². The van der Waals surface area contributed by atoms with E-state index in [1.807, 2.05) is 37.2 Å². The predicted molar refractivity (Wildman–Crippen MR) is 108 cm³/mol. The van der Waals surface area contributed by atoms with E-state index < -0.39 is 10.5 Å². The first-order valence-corrected chi connectivity index (χ1v) is 8.65. The lowest BCUT2D eigenvalue weighted by atomic mass is 10.1. The second-order valence-corrected chi connectivity index (χ2v) is 6.52. The SMILES string of the molecule is CN(C)CCNc1c(C#N)c(=O)n(-c2ccc([N+](=O)[O-])cc2)c2ccccc12. The molecule has 1 aromatic heterocycles. The van der Waals surface area contributed by atoms with Gasteiger partial charge in [-0.15, -0.1) is 0 Å². The zero-order valence-corrected chi connectivity index (χ0v) is 15.5. The number of likely N-dealkylation sites (N-methyl/N-ethyl adjacent to an activating group) is 1. The normalized spacial score (nSPS) is 10.8. The van der Waals surface area contributed by atoms with Gasteiger partial charge < -0.3 is 10.2 Å². The molecular formula is C20H19N5O3. The Morgan fingerprint density at radius 2 is 1.86 bits per heavy atom. The summed E-state index contributed by atoms with van der Waals surface area (Å²) in [7, 11) is 3.88. The Kier molecular flexibility index (Phi) is 5.38. The quantitative estimate of drug-likeness (QED) is 0.523. The van der Waals surface area contributed by atoms with Gasteiger partial charge in [-0.3, -0.25) is 19.5 Å². The van der Waals surface area contributed by atoms with Crippen LogP contribution in [0, 0.1) is 21.4 Å². The standard InChI is InChI=1S/C20H19N5O3/c1-23(2)12-11-22-19-16-5-3-4-6-18(16)24(20(26)17(19)13-21)14-7-9-15(10-8-14)25(27)28/h3-10,22H,11-12H2,1-2H3. The Labute approximate surface area is 161 Å². The highest BCUT2D eigenvalue weighted by atomic mass is 16.6. The van der Waals surface area contributed by atoms with Crippen LogP contribution in [0.3, 0.4) is 0 Å². The highest BCUT2D eigenvalue weighted by Gasteiger charge is 2.18. The number of nitro benzene ring substituents is 1. The molecule has 2 aromatic carbocycles. The number of para-hydroxylation sites is 1. The van der Waals surface area contributed by atoms with Gasteiger partial charge in [0, 0.05) is 36.3 Å². The summed E-state index contributed by atoms with van der Waals surface area (Å²) in [6.07, 6.45) is 0. The molecule has 0 saturated carbocycles. The predicted octanol–water partition coefficient (Wildman–Crippen LogP) is 2.74. The van der Waals surface area contributed by atoms with Gasteiger partial charge in [0.2, 0.25) is 0 Å². The van der Waals surface area contributed by atoms with Crippen molar-refractivity contribution in [2.45, 2.75) is 0 Å². The molecule has 8 heteroatoms. The van der Waals surface area contributed by atoms with Crippen molar-refractivity contribution >= 4 is 22.3 Å². The first-order valence-electron chi connectivity index (χ1n) is 8.65. The molecule has 8 nitrogen and oxygen atoms in total. The molecule has 0 atom stereocenters. The van der Waals surface area contributed by atoms with Gasteiger partial charge >= 0.3 is 0 Å². The monoisotopic (exact) mass is 377 g/mol. The Hall–Kier alpha value is -3.70. The molecule has 28 heavy (non-hydrogen) atoms. The number of nitriles is 1. The number of hydrogen-bond acceptors (Lipinski definition) is 6. The Bertz CT molecular complexity index is 1130. The van der Waals surface area contributed by atoms with E-state index in [1.165, 1.54) is 28.8 Å². The Balaban J connectivity index is 2.22. The molecule has 0 spiro atoms. The average molecular weight is 377 g/mol. The third-order valence-electron chi connectivity index (χ3n) is 4.37. The lowest BCUT2D eigenvalue weighted by Gasteiger charge is -2.17. The summed E-state index contributed by atoms with van der Waals surface area (Å²) in [4.78, 5) is 25.5. The van der Waals surface area contributed by atoms with E-state index in [9.17, 15) is 20.2 Å². The van der Waals surface area contributed by atoms with Crippen molar-refractivity contribution < 1.29 is 4.92 Å². The van der Waals surface area contributed by atoms with Crippen molar-refractivity contribution in [3.05, 3.63) is 74.6 Å². The molecule has 0 bridgehead atoms. The van der Waals surface area contributed by atoms with E-state index in [0.29, 0.717) is 23.4 Å². The van der Waals surface area contributed by atoms with Crippen LogP contribution >= 0.6 is 0 Å². The zero-order valence-electron chi connectivity index (χ0n) is 15.5. The van der Waals surface area contributed by atoms with Crippen molar-refractivity contribution in [2.75, 3.05) is 32.5 Å². The maximum absolute atomic E-state index is 13.1. The third-order valence-corrected chi connectivity index (χ3v) is 4.37. The third kappa shape index (κ3) is 3.56. The minimum atomic E-state index is -0.497. The van der Waals surface area contributed by atoms with E-state index >= 15 is 0 Å². The van der Waals surface area contributed by atoms with Crippen molar-refractivity contribution in [1.29, 1.82) is 5.26 Å².